The monoisotopic (exact) mass is 435 g/mol. The van der Waals surface area contributed by atoms with Crippen LogP contribution in [-0.2, 0) is 4.74 Å². The molecule has 0 bridgehead atoms. The van der Waals surface area contributed by atoms with Crippen molar-refractivity contribution in [3.05, 3.63) is 30.6 Å². The highest BCUT2D eigenvalue weighted by Crippen LogP contribution is 2.35. The maximum atomic E-state index is 9.92. The van der Waals surface area contributed by atoms with Crippen LogP contribution in [0, 0.1) is 0 Å². The van der Waals surface area contributed by atoms with E-state index in [0.717, 1.165) is 53.4 Å². The Morgan fingerprint density at radius 3 is 2.94 bits per heavy atom. The summed E-state index contributed by atoms with van der Waals surface area (Å²) < 4.78 is 6.99. The second kappa shape index (κ2) is 8.14. The minimum Gasteiger partial charge on any atom is -0.390 e. The Morgan fingerprint density at radius 2 is 2.16 bits per heavy atom. The Hall–Kier alpha value is -3.04. The number of aliphatic hydroxyl groups is 1. The molecule has 0 amide bonds. The van der Waals surface area contributed by atoms with Crippen molar-refractivity contribution in [2.75, 3.05) is 24.4 Å². The van der Waals surface area contributed by atoms with Gasteiger partial charge < -0.3 is 20.5 Å². The fourth-order valence-corrected chi connectivity index (χ4v) is 4.52. The predicted octanol–water partition coefficient (Wildman–Crippen LogP) is 3.43. The molecule has 0 spiro atoms. The number of hydrogen-bond donors (Lipinski definition) is 3. The van der Waals surface area contributed by atoms with Crippen LogP contribution in [-0.4, -0.2) is 61.8 Å². The third-order valence-corrected chi connectivity index (χ3v) is 6.23. The number of fused-ring (bicyclic) bond motifs is 2. The predicted molar refractivity (Wildman–Crippen MR) is 125 cm³/mol. The van der Waals surface area contributed by atoms with Gasteiger partial charge in [-0.25, -0.2) is 14.5 Å². The highest BCUT2D eigenvalue weighted by Gasteiger charge is 2.38. The van der Waals surface area contributed by atoms with Gasteiger partial charge in [-0.05, 0) is 57.7 Å². The van der Waals surface area contributed by atoms with Crippen molar-refractivity contribution in [2.45, 2.75) is 57.2 Å². The molecular weight excluding hydrogens is 406 g/mol. The molecule has 4 heterocycles. The number of hydrogen-bond acceptors (Lipinski definition) is 8. The molecule has 0 unspecified atom stereocenters. The SMILES string of the molecule is COCCC[C@@H]1Nc2nc(-c3ccn4nc(NC5CC(C)(O)C5)ncc34)ccc2N=C1C. The summed E-state index contributed by atoms with van der Waals surface area (Å²) in [5.74, 6) is 1.36. The standard InChI is InChI=1S/C23H29N7O2/c1-14-17(5-4-10-32-3)27-21-19(25-14)7-6-18(28-21)16-8-9-30-20(16)13-24-22(29-30)26-15-11-23(2,31)12-15/h6-9,13,15,17,31H,4-5,10-12H2,1-3H3,(H,26,29)(H,27,28)/t15?,17-,23?/m0/s1. The average molecular weight is 436 g/mol. The highest BCUT2D eigenvalue weighted by molar-refractivity contribution is 5.96. The summed E-state index contributed by atoms with van der Waals surface area (Å²) >= 11 is 0. The van der Waals surface area contributed by atoms with Crippen LogP contribution in [0.4, 0.5) is 17.5 Å². The molecule has 1 saturated carbocycles. The molecule has 1 aliphatic carbocycles. The van der Waals surface area contributed by atoms with Crippen LogP contribution >= 0.6 is 0 Å². The van der Waals surface area contributed by atoms with E-state index in [0.29, 0.717) is 18.8 Å². The topological polar surface area (TPSA) is 109 Å². The number of aromatic nitrogens is 4. The largest absolute Gasteiger partial charge is 0.390 e. The summed E-state index contributed by atoms with van der Waals surface area (Å²) in [5, 5.41) is 21.3. The molecule has 32 heavy (non-hydrogen) atoms. The number of anilines is 2. The second-order valence-electron chi connectivity index (χ2n) is 9.04. The van der Waals surface area contributed by atoms with E-state index >= 15 is 0 Å². The van der Waals surface area contributed by atoms with Crippen LogP contribution in [0.15, 0.2) is 35.6 Å². The lowest BCUT2D eigenvalue weighted by Crippen LogP contribution is -2.48. The Bertz CT molecular complexity index is 1160. The molecule has 0 radical (unpaired) electrons. The number of nitrogens with zero attached hydrogens (tertiary/aromatic N) is 5. The summed E-state index contributed by atoms with van der Waals surface area (Å²) in [6, 6.07) is 6.36. The van der Waals surface area contributed by atoms with E-state index in [1.54, 1.807) is 7.11 Å². The van der Waals surface area contributed by atoms with Crippen LogP contribution in [0.3, 0.4) is 0 Å². The van der Waals surface area contributed by atoms with Gasteiger partial charge in [-0.1, -0.05) is 0 Å². The quantitative estimate of drug-likeness (QED) is 0.488. The van der Waals surface area contributed by atoms with Gasteiger partial charge in [0.25, 0.3) is 0 Å². The lowest BCUT2D eigenvalue weighted by molar-refractivity contribution is -0.0236. The number of methoxy groups -OCH3 is 1. The fourth-order valence-electron chi connectivity index (χ4n) is 4.52. The Labute approximate surface area is 187 Å². The average Bonchev–Trinajstić information content (AvgIpc) is 3.16. The van der Waals surface area contributed by atoms with Crippen molar-refractivity contribution in [3.8, 4) is 11.3 Å². The van der Waals surface area contributed by atoms with Crippen molar-refractivity contribution in [2.24, 2.45) is 4.99 Å². The lowest BCUT2D eigenvalue weighted by Gasteiger charge is -2.41. The number of pyridine rings is 1. The molecule has 0 aromatic carbocycles. The second-order valence-corrected chi connectivity index (χ2v) is 9.04. The van der Waals surface area contributed by atoms with Crippen molar-refractivity contribution in [3.63, 3.8) is 0 Å². The first-order chi connectivity index (χ1) is 15.4. The molecule has 9 heteroatoms. The van der Waals surface area contributed by atoms with Gasteiger partial charge in [-0.2, -0.15) is 0 Å². The zero-order valence-electron chi connectivity index (χ0n) is 18.7. The van der Waals surface area contributed by atoms with Gasteiger partial charge in [0.2, 0.25) is 5.95 Å². The summed E-state index contributed by atoms with van der Waals surface area (Å²) in [5.41, 5.74) is 4.05. The summed E-state index contributed by atoms with van der Waals surface area (Å²) in [6.45, 7) is 4.64. The van der Waals surface area contributed by atoms with Crippen molar-refractivity contribution >= 4 is 28.7 Å². The molecule has 168 valence electrons. The molecule has 3 aromatic heterocycles. The maximum Gasteiger partial charge on any atom is 0.241 e. The van der Waals surface area contributed by atoms with Gasteiger partial charge in [0, 0.05) is 37.2 Å². The molecule has 3 N–H and O–H groups in total. The van der Waals surface area contributed by atoms with Crippen molar-refractivity contribution in [1.82, 2.24) is 19.6 Å². The molecule has 3 aromatic rings. The minimum absolute atomic E-state index is 0.162. The van der Waals surface area contributed by atoms with E-state index in [1.807, 2.05) is 42.0 Å². The van der Waals surface area contributed by atoms with Gasteiger partial charge in [-0.3, -0.25) is 4.99 Å². The molecule has 9 nitrogen and oxygen atoms in total. The van der Waals surface area contributed by atoms with Gasteiger partial charge in [-0.15, -0.1) is 5.10 Å². The normalized spacial score (nSPS) is 24.4. The van der Waals surface area contributed by atoms with E-state index in [4.69, 9.17) is 14.7 Å². The Kier molecular flexibility index (Phi) is 5.30. The molecule has 0 saturated heterocycles. The van der Waals surface area contributed by atoms with Gasteiger partial charge in [0.1, 0.15) is 5.69 Å². The molecular formula is C23H29N7O2. The molecule has 1 fully saturated rings. The highest BCUT2D eigenvalue weighted by atomic mass is 16.5. The first-order valence-electron chi connectivity index (χ1n) is 11.1. The number of aliphatic imine (C=N–C) groups is 1. The summed E-state index contributed by atoms with van der Waals surface area (Å²) in [7, 11) is 1.72. The maximum absolute atomic E-state index is 9.92. The van der Waals surface area contributed by atoms with Crippen LogP contribution in [0.25, 0.3) is 16.8 Å². The fraction of sp³-hybridized carbons (Fsp3) is 0.478. The first-order valence-corrected chi connectivity index (χ1v) is 11.1. The zero-order valence-corrected chi connectivity index (χ0v) is 18.7. The van der Waals surface area contributed by atoms with Gasteiger partial charge >= 0.3 is 0 Å². The first kappa shape index (κ1) is 20.8. The van der Waals surface area contributed by atoms with Crippen molar-refractivity contribution in [1.29, 1.82) is 0 Å². The zero-order chi connectivity index (χ0) is 22.3. The minimum atomic E-state index is -0.583. The van der Waals surface area contributed by atoms with Crippen LogP contribution in [0.5, 0.6) is 0 Å². The number of ether oxygens (including phenoxy) is 1. The summed E-state index contributed by atoms with van der Waals surface area (Å²) in [4.78, 5) is 14.1. The van der Waals surface area contributed by atoms with E-state index < -0.39 is 5.60 Å². The van der Waals surface area contributed by atoms with Gasteiger partial charge in [0.05, 0.1) is 29.1 Å². The summed E-state index contributed by atoms with van der Waals surface area (Å²) in [6.07, 6.45) is 7.04. The third kappa shape index (κ3) is 4.05. The Balaban J connectivity index is 1.36. The third-order valence-electron chi connectivity index (χ3n) is 6.23. The molecule has 5 rings (SSSR count). The van der Waals surface area contributed by atoms with Crippen LogP contribution in [0.1, 0.15) is 39.5 Å². The van der Waals surface area contributed by atoms with Crippen LogP contribution in [0.2, 0.25) is 0 Å². The molecule has 2 aliphatic rings. The van der Waals surface area contributed by atoms with E-state index in [9.17, 15) is 5.11 Å². The van der Waals surface area contributed by atoms with E-state index in [1.165, 1.54) is 0 Å². The smallest absolute Gasteiger partial charge is 0.241 e. The molecule has 1 atom stereocenters. The number of rotatable bonds is 7. The van der Waals surface area contributed by atoms with Crippen LogP contribution < -0.4 is 10.6 Å². The van der Waals surface area contributed by atoms with E-state index in [2.05, 4.69) is 27.6 Å². The van der Waals surface area contributed by atoms with Gasteiger partial charge in [0.15, 0.2) is 5.82 Å². The van der Waals surface area contributed by atoms with E-state index in [-0.39, 0.29) is 12.1 Å². The lowest BCUT2D eigenvalue weighted by atomic mass is 9.77. The Morgan fingerprint density at radius 1 is 1.31 bits per heavy atom. The number of nitrogens with one attached hydrogen (secondary N) is 2. The molecule has 1 aliphatic heterocycles. The van der Waals surface area contributed by atoms with Crippen molar-refractivity contribution < 1.29 is 9.84 Å².